The molecule has 30 heavy (non-hydrogen) atoms. The van der Waals surface area contributed by atoms with Crippen molar-refractivity contribution in [2.45, 2.75) is 46.1 Å². The highest BCUT2D eigenvalue weighted by Crippen LogP contribution is 2.18. The minimum Gasteiger partial charge on any atom is -0.493 e. The smallest absolute Gasteiger partial charge is 0.261 e. The van der Waals surface area contributed by atoms with Gasteiger partial charge >= 0.3 is 0 Å². The van der Waals surface area contributed by atoms with Crippen molar-refractivity contribution in [3.63, 3.8) is 0 Å². The van der Waals surface area contributed by atoms with Crippen LogP contribution in [-0.4, -0.2) is 29.6 Å². The summed E-state index contributed by atoms with van der Waals surface area (Å²) < 4.78 is 5.71. The van der Waals surface area contributed by atoms with Gasteiger partial charge < -0.3 is 15.4 Å². The van der Waals surface area contributed by atoms with Crippen molar-refractivity contribution in [1.82, 2.24) is 10.6 Å². The van der Waals surface area contributed by atoms with E-state index in [1.165, 1.54) is 0 Å². The van der Waals surface area contributed by atoms with Crippen LogP contribution in [0.15, 0.2) is 48.5 Å². The number of hydrogen-bond acceptors (Lipinski definition) is 4. The molecule has 7 heteroatoms. The summed E-state index contributed by atoms with van der Waals surface area (Å²) in [6.45, 7) is 6.61. The Balaban J connectivity index is 1.94. The van der Waals surface area contributed by atoms with E-state index in [-0.39, 0.29) is 23.0 Å². The fourth-order valence-electron chi connectivity index (χ4n) is 2.55. The maximum Gasteiger partial charge on any atom is 0.261 e. The maximum atomic E-state index is 12.6. The van der Waals surface area contributed by atoms with Gasteiger partial charge in [0.05, 0.1) is 12.2 Å². The molecule has 0 aliphatic heterocycles. The van der Waals surface area contributed by atoms with Gasteiger partial charge in [-0.3, -0.25) is 14.9 Å². The molecular formula is C23H29N3O3S. The summed E-state index contributed by atoms with van der Waals surface area (Å²) in [6, 6.07) is 14.1. The second-order valence-corrected chi connectivity index (χ2v) is 7.37. The normalized spacial score (nSPS) is 11.3. The van der Waals surface area contributed by atoms with Gasteiger partial charge in [-0.2, -0.15) is 0 Å². The molecule has 2 aromatic rings. The Morgan fingerprint density at radius 1 is 1.03 bits per heavy atom. The van der Waals surface area contributed by atoms with Gasteiger partial charge in [0, 0.05) is 17.3 Å². The highest BCUT2D eigenvalue weighted by molar-refractivity contribution is 7.80. The van der Waals surface area contributed by atoms with Gasteiger partial charge in [-0.25, -0.2) is 0 Å². The van der Waals surface area contributed by atoms with Gasteiger partial charge in [0.2, 0.25) is 0 Å². The van der Waals surface area contributed by atoms with Crippen LogP contribution in [0.1, 0.15) is 60.7 Å². The Morgan fingerprint density at radius 2 is 1.73 bits per heavy atom. The largest absolute Gasteiger partial charge is 0.493 e. The van der Waals surface area contributed by atoms with E-state index in [0.29, 0.717) is 29.2 Å². The minimum absolute atomic E-state index is 0.118. The molecule has 0 radical (unpaired) electrons. The van der Waals surface area contributed by atoms with Crippen LogP contribution in [0, 0.1) is 0 Å². The summed E-state index contributed by atoms with van der Waals surface area (Å²) in [5.74, 6) is 0.0681. The Morgan fingerprint density at radius 3 is 2.40 bits per heavy atom. The van der Waals surface area contributed by atoms with Gasteiger partial charge in [0.25, 0.3) is 11.8 Å². The van der Waals surface area contributed by atoms with Crippen LogP contribution in [0.2, 0.25) is 0 Å². The summed E-state index contributed by atoms with van der Waals surface area (Å²) >= 11 is 5.26. The topological polar surface area (TPSA) is 79.5 Å². The fraction of sp³-hybridized carbons (Fsp3) is 0.348. The van der Waals surface area contributed by atoms with Crippen molar-refractivity contribution >= 4 is 34.8 Å². The number of carbonyl (C=O) groups excluding carboxylic acids is 2. The Labute approximate surface area is 183 Å². The van der Waals surface area contributed by atoms with E-state index in [0.717, 1.165) is 19.3 Å². The second kappa shape index (κ2) is 11.9. The molecule has 6 nitrogen and oxygen atoms in total. The summed E-state index contributed by atoms with van der Waals surface area (Å²) in [6.07, 6.45) is 2.80. The molecule has 0 aromatic heterocycles. The monoisotopic (exact) mass is 427 g/mol. The third-order valence-electron chi connectivity index (χ3n) is 4.51. The summed E-state index contributed by atoms with van der Waals surface area (Å²) in [5.41, 5.74) is 1.66. The minimum atomic E-state index is -0.343. The lowest BCUT2D eigenvalue weighted by Gasteiger charge is -2.14. The molecule has 1 atom stereocenters. The first-order valence-electron chi connectivity index (χ1n) is 10.2. The molecule has 0 spiro atoms. The first-order chi connectivity index (χ1) is 14.4. The lowest BCUT2D eigenvalue weighted by Crippen LogP contribution is -2.34. The molecule has 0 bridgehead atoms. The number of unbranched alkanes of at least 4 members (excludes halogenated alkanes) is 1. The summed E-state index contributed by atoms with van der Waals surface area (Å²) in [4.78, 5) is 24.8. The number of thiocarbonyl (C=S) groups is 1. The molecule has 1 unspecified atom stereocenters. The lowest BCUT2D eigenvalue weighted by atomic mass is 10.1. The van der Waals surface area contributed by atoms with Gasteiger partial charge in [-0.15, -0.1) is 0 Å². The van der Waals surface area contributed by atoms with E-state index in [4.69, 9.17) is 17.0 Å². The molecular weight excluding hydrogens is 398 g/mol. The molecule has 2 aromatic carbocycles. The highest BCUT2D eigenvalue weighted by Gasteiger charge is 2.14. The predicted molar refractivity (Wildman–Crippen MR) is 124 cm³/mol. The van der Waals surface area contributed by atoms with Crippen molar-refractivity contribution in [2.24, 2.45) is 0 Å². The molecule has 3 N–H and O–H groups in total. The van der Waals surface area contributed by atoms with Gasteiger partial charge in [0.15, 0.2) is 5.11 Å². The number of amides is 2. The molecule has 2 rings (SSSR count). The summed E-state index contributed by atoms with van der Waals surface area (Å²) in [5, 5.41) is 8.71. The van der Waals surface area contributed by atoms with Crippen LogP contribution in [0.4, 0.5) is 5.69 Å². The Hall–Kier alpha value is -2.93. The standard InChI is InChI=1S/C23H29N3O3S/c1-4-6-15-29-20-10-8-7-9-19(20)22(28)26-23(30)25-18-13-11-17(12-14-18)21(27)24-16(3)5-2/h7-14,16H,4-6,15H2,1-3H3,(H,24,27)(H2,25,26,28,30). The van der Waals surface area contributed by atoms with Crippen LogP contribution in [0.25, 0.3) is 0 Å². The molecule has 0 fully saturated rings. The van der Waals surface area contributed by atoms with Crippen molar-refractivity contribution in [3.8, 4) is 5.75 Å². The third kappa shape index (κ3) is 7.15. The zero-order valence-corrected chi connectivity index (χ0v) is 18.5. The molecule has 2 amide bonds. The SMILES string of the molecule is CCCCOc1ccccc1C(=O)NC(=S)Nc1ccc(C(=O)NC(C)CC)cc1. The maximum absolute atomic E-state index is 12.6. The second-order valence-electron chi connectivity index (χ2n) is 6.97. The first-order valence-corrected chi connectivity index (χ1v) is 10.6. The number of hydrogen-bond donors (Lipinski definition) is 3. The summed E-state index contributed by atoms with van der Waals surface area (Å²) in [7, 11) is 0. The zero-order chi connectivity index (χ0) is 21.9. The first kappa shape index (κ1) is 23.3. The van der Waals surface area contributed by atoms with Gasteiger partial charge in [0.1, 0.15) is 5.75 Å². The number of carbonyl (C=O) groups is 2. The van der Waals surface area contributed by atoms with E-state index < -0.39 is 0 Å². The molecule has 160 valence electrons. The average molecular weight is 428 g/mol. The van der Waals surface area contributed by atoms with E-state index in [9.17, 15) is 9.59 Å². The molecule has 0 aliphatic rings. The number of nitrogens with one attached hydrogen (secondary N) is 3. The number of rotatable bonds is 9. The lowest BCUT2D eigenvalue weighted by molar-refractivity contribution is 0.0937. The highest BCUT2D eigenvalue weighted by atomic mass is 32.1. The third-order valence-corrected chi connectivity index (χ3v) is 4.71. The van der Waals surface area contributed by atoms with Crippen molar-refractivity contribution in [3.05, 3.63) is 59.7 Å². The quantitative estimate of drug-likeness (QED) is 0.405. The van der Waals surface area contributed by atoms with Crippen LogP contribution in [0.3, 0.4) is 0 Å². The van der Waals surface area contributed by atoms with Crippen LogP contribution < -0.4 is 20.7 Å². The molecule has 0 saturated carbocycles. The predicted octanol–water partition coefficient (Wildman–Crippen LogP) is 4.52. The number of para-hydroxylation sites is 1. The van der Waals surface area contributed by atoms with Crippen molar-refractivity contribution in [1.29, 1.82) is 0 Å². The van der Waals surface area contributed by atoms with Crippen molar-refractivity contribution < 1.29 is 14.3 Å². The fourth-order valence-corrected chi connectivity index (χ4v) is 2.76. The Kier molecular flexibility index (Phi) is 9.28. The van der Waals surface area contributed by atoms with Gasteiger partial charge in [-0.05, 0) is 68.4 Å². The Bertz CT molecular complexity index is 868. The van der Waals surface area contributed by atoms with E-state index in [2.05, 4.69) is 22.9 Å². The van der Waals surface area contributed by atoms with Crippen LogP contribution >= 0.6 is 12.2 Å². The molecule has 0 saturated heterocycles. The van der Waals surface area contributed by atoms with E-state index in [1.54, 1.807) is 42.5 Å². The van der Waals surface area contributed by atoms with Gasteiger partial charge in [-0.1, -0.05) is 32.4 Å². The number of ether oxygens (including phenoxy) is 1. The zero-order valence-electron chi connectivity index (χ0n) is 17.7. The van der Waals surface area contributed by atoms with Crippen molar-refractivity contribution in [2.75, 3.05) is 11.9 Å². The molecule has 0 heterocycles. The molecule has 0 aliphatic carbocycles. The van der Waals surface area contributed by atoms with E-state index in [1.807, 2.05) is 19.9 Å². The average Bonchev–Trinajstić information content (AvgIpc) is 2.74. The van der Waals surface area contributed by atoms with E-state index >= 15 is 0 Å². The van der Waals surface area contributed by atoms with Crippen LogP contribution in [0.5, 0.6) is 5.75 Å². The number of anilines is 1. The number of benzene rings is 2. The van der Waals surface area contributed by atoms with Crippen LogP contribution in [-0.2, 0) is 0 Å².